The van der Waals surface area contributed by atoms with Crippen molar-refractivity contribution in [3.63, 3.8) is 0 Å². The zero-order valence-corrected chi connectivity index (χ0v) is 13.3. The lowest BCUT2D eigenvalue weighted by Gasteiger charge is -2.27. The molecule has 1 aromatic rings. The SMILES string of the molecule is O=C(N[C@@H]1CO[C@H]2[C@@H]1OC[C@H]2O)c1ccc(N2CCOCC2)nc1. The Bertz CT molecular complexity index is 590. The van der Waals surface area contributed by atoms with Crippen LogP contribution in [0.1, 0.15) is 10.4 Å². The number of amides is 1. The minimum atomic E-state index is -0.619. The first-order valence-corrected chi connectivity index (χ1v) is 8.23. The van der Waals surface area contributed by atoms with Gasteiger partial charge >= 0.3 is 0 Å². The topological polar surface area (TPSA) is 93.2 Å². The van der Waals surface area contributed by atoms with Crippen molar-refractivity contribution in [3.8, 4) is 0 Å². The number of aromatic nitrogens is 1. The highest BCUT2D eigenvalue weighted by Crippen LogP contribution is 2.27. The second-order valence-electron chi connectivity index (χ2n) is 6.25. The van der Waals surface area contributed by atoms with Crippen molar-refractivity contribution in [1.82, 2.24) is 10.3 Å². The molecule has 24 heavy (non-hydrogen) atoms. The molecule has 4 heterocycles. The van der Waals surface area contributed by atoms with E-state index in [1.54, 1.807) is 12.3 Å². The Labute approximate surface area is 139 Å². The molecule has 8 heteroatoms. The Kier molecular flexibility index (Phi) is 4.36. The molecule has 0 saturated carbocycles. The number of ether oxygens (including phenoxy) is 3. The number of hydrogen-bond acceptors (Lipinski definition) is 7. The number of pyridine rings is 1. The van der Waals surface area contributed by atoms with Crippen LogP contribution >= 0.6 is 0 Å². The molecular formula is C16H21N3O5. The Morgan fingerprint density at radius 2 is 2.00 bits per heavy atom. The third-order valence-electron chi connectivity index (χ3n) is 4.69. The van der Waals surface area contributed by atoms with Gasteiger partial charge in [-0.2, -0.15) is 0 Å². The van der Waals surface area contributed by atoms with E-state index in [2.05, 4.69) is 15.2 Å². The highest BCUT2D eigenvalue weighted by Gasteiger charge is 2.47. The van der Waals surface area contributed by atoms with E-state index in [0.29, 0.717) is 25.4 Å². The number of aliphatic hydroxyl groups is 1. The first kappa shape index (κ1) is 15.8. The summed E-state index contributed by atoms with van der Waals surface area (Å²) in [6.07, 6.45) is 0.325. The Morgan fingerprint density at radius 3 is 2.75 bits per heavy atom. The minimum absolute atomic E-state index is 0.213. The molecule has 4 rings (SSSR count). The van der Waals surface area contributed by atoms with E-state index in [-0.39, 0.29) is 30.8 Å². The van der Waals surface area contributed by atoms with Gasteiger partial charge in [-0.25, -0.2) is 4.98 Å². The monoisotopic (exact) mass is 335 g/mol. The average molecular weight is 335 g/mol. The van der Waals surface area contributed by atoms with Crippen LogP contribution in [0.4, 0.5) is 5.82 Å². The number of nitrogens with zero attached hydrogens (tertiary/aromatic N) is 2. The van der Waals surface area contributed by atoms with Crippen LogP contribution in [0.25, 0.3) is 0 Å². The van der Waals surface area contributed by atoms with Gasteiger partial charge in [-0.15, -0.1) is 0 Å². The number of morpholine rings is 1. The highest BCUT2D eigenvalue weighted by molar-refractivity contribution is 5.94. The fourth-order valence-corrected chi connectivity index (χ4v) is 3.35. The number of anilines is 1. The van der Waals surface area contributed by atoms with E-state index in [4.69, 9.17) is 14.2 Å². The van der Waals surface area contributed by atoms with Crippen LogP contribution in [0, 0.1) is 0 Å². The summed E-state index contributed by atoms with van der Waals surface area (Å²) in [6, 6.07) is 3.37. The summed E-state index contributed by atoms with van der Waals surface area (Å²) in [7, 11) is 0. The van der Waals surface area contributed by atoms with Crippen molar-refractivity contribution in [2.75, 3.05) is 44.4 Å². The van der Waals surface area contributed by atoms with Crippen molar-refractivity contribution in [2.24, 2.45) is 0 Å². The number of fused-ring (bicyclic) bond motifs is 1. The van der Waals surface area contributed by atoms with Crippen LogP contribution in [0.15, 0.2) is 18.3 Å². The van der Waals surface area contributed by atoms with Gasteiger partial charge < -0.3 is 29.5 Å². The van der Waals surface area contributed by atoms with Crippen molar-refractivity contribution in [2.45, 2.75) is 24.4 Å². The third kappa shape index (κ3) is 2.98. The summed E-state index contributed by atoms with van der Waals surface area (Å²) in [5.74, 6) is 0.636. The first-order chi connectivity index (χ1) is 11.7. The zero-order chi connectivity index (χ0) is 16.5. The van der Waals surface area contributed by atoms with E-state index in [9.17, 15) is 9.90 Å². The number of rotatable bonds is 3. The molecule has 0 aliphatic carbocycles. The molecule has 0 unspecified atom stereocenters. The van der Waals surface area contributed by atoms with Gasteiger partial charge in [-0.05, 0) is 12.1 Å². The maximum atomic E-state index is 12.4. The summed E-state index contributed by atoms with van der Waals surface area (Å²) in [4.78, 5) is 18.9. The van der Waals surface area contributed by atoms with Crippen molar-refractivity contribution in [3.05, 3.63) is 23.9 Å². The normalized spacial score (nSPS) is 32.6. The average Bonchev–Trinajstić information content (AvgIpc) is 3.19. The van der Waals surface area contributed by atoms with Gasteiger partial charge in [0.2, 0.25) is 0 Å². The quantitative estimate of drug-likeness (QED) is 0.745. The summed E-state index contributed by atoms with van der Waals surface area (Å²) in [6.45, 7) is 3.59. The maximum Gasteiger partial charge on any atom is 0.253 e. The number of carbonyl (C=O) groups excluding carboxylic acids is 1. The van der Waals surface area contributed by atoms with Crippen LogP contribution in [-0.4, -0.2) is 79.9 Å². The summed E-state index contributed by atoms with van der Waals surface area (Å²) in [5, 5.41) is 12.6. The molecule has 3 fully saturated rings. The summed E-state index contributed by atoms with van der Waals surface area (Å²) < 4.78 is 16.4. The molecule has 1 aromatic heterocycles. The standard InChI is InChI=1S/C16H21N3O5/c20-12-9-24-14-11(8-23-15(12)14)18-16(21)10-1-2-13(17-7-10)19-3-5-22-6-4-19/h1-2,7,11-12,14-15,20H,3-6,8-9H2,(H,18,21)/t11-,12-,14-,15-/m1/s1. The number of nitrogens with one attached hydrogen (secondary N) is 1. The predicted octanol–water partition coefficient (Wildman–Crippen LogP) is -0.825. The molecule has 8 nitrogen and oxygen atoms in total. The van der Waals surface area contributed by atoms with Crippen LogP contribution in [0.2, 0.25) is 0 Å². The second kappa shape index (κ2) is 6.64. The summed E-state index contributed by atoms with van der Waals surface area (Å²) >= 11 is 0. The van der Waals surface area contributed by atoms with E-state index in [1.165, 1.54) is 0 Å². The first-order valence-electron chi connectivity index (χ1n) is 8.23. The van der Waals surface area contributed by atoms with Crippen molar-refractivity contribution in [1.29, 1.82) is 0 Å². The van der Waals surface area contributed by atoms with E-state index >= 15 is 0 Å². The van der Waals surface area contributed by atoms with Crippen molar-refractivity contribution < 1.29 is 24.1 Å². The fraction of sp³-hybridized carbons (Fsp3) is 0.625. The molecule has 1 amide bonds. The molecular weight excluding hydrogens is 314 g/mol. The molecule has 130 valence electrons. The highest BCUT2D eigenvalue weighted by atomic mass is 16.6. The molecule has 4 atom stereocenters. The lowest BCUT2D eigenvalue weighted by Crippen LogP contribution is -2.44. The van der Waals surface area contributed by atoms with Gasteiger partial charge in [0, 0.05) is 19.3 Å². The van der Waals surface area contributed by atoms with Gasteiger partial charge in [0.1, 0.15) is 24.1 Å². The molecule has 0 spiro atoms. The van der Waals surface area contributed by atoms with Gasteiger partial charge in [-0.3, -0.25) is 4.79 Å². The number of aliphatic hydroxyl groups excluding tert-OH is 1. The van der Waals surface area contributed by atoms with E-state index in [1.807, 2.05) is 6.07 Å². The number of carbonyl (C=O) groups is 1. The van der Waals surface area contributed by atoms with Gasteiger partial charge in [0.15, 0.2) is 0 Å². The molecule has 3 aliphatic heterocycles. The second-order valence-corrected chi connectivity index (χ2v) is 6.25. The number of hydrogen-bond donors (Lipinski definition) is 2. The van der Waals surface area contributed by atoms with Gasteiger partial charge in [0.05, 0.1) is 38.0 Å². The Balaban J connectivity index is 1.38. The van der Waals surface area contributed by atoms with Crippen LogP contribution in [0.5, 0.6) is 0 Å². The molecule has 0 bridgehead atoms. The Hall–Kier alpha value is -1.74. The molecule has 3 saturated heterocycles. The lowest BCUT2D eigenvalue weighted by atomic mass is 10.1. The molecule has 0 aromatic carbocycles. The lowest BCUT2D eigenvalue weighted by molar-refractivity contribution is 0.0178. The molecule has 2 N–H and O–H groups in total. The Morgan fingerprint density at radius 1 is 1.21 bits per heavy atom. The van der Waals surface area contributed by atoms with Gasteiger partial charge in [-0.1, -0.05) is 0 Å². The smallest absolute Gasteiger partial charge is 0.253 e. The largest absolute Gasteiger partial charge is 0.388 e. The zero-order valence-electron chi connectivity index (χ0n) is 13.3. The van der Waals surface area contributed by atoms with Crippen LogP contribution in [-0.2, 0) is 14.2 Å². The van der Waals surface area contributed by atoms with Crippen LogP contribution < -0.4 is 10.2 Å². The van der Waals surface area contributed by atoms with Crippen LogP contribution in [0.3, 0.4) is 0 Å². The fourth-order valence-electron chi connectivity index (χ4n) is 3.35. The molecule has 0 radical (unpaired) electrons. The minimum Gasteiger partial charge on any atom is -0.388 e. The van der Waals surface area contributed by atoms with Gasteiger partial charge in [0.25, 0.3) is 5.91 Å². The third-order valence-corrected chi connectivity index (χ3v) is 4.69. The summed E-state index contributed by atoms with van der Waals surface area (Å²) in [5.41, 5.74) is 0.494. The predicted molar refractivity (Wildman–Crippen MR) is 84.0 cm³/mol. The van der Waals surface area contributed by atoms with E-state index < -0.39 is 6.10 Å². The van der Waals surface area contributed by atoms with E-state index in [0.717, 1.165) is 18.9 Å². The van der Waals surface area contributed by atoms with Crippen molar-refractivity contribution >= 4 is 11.7 Å². The molecule has 3 aliphatic rings. The maximum absolute atomic E-state index is 12.4.